The lowest BCUT2D eigenvalue weighted by Gasteiger charge is -2.46. The predicted octanol–water partition coefficient (Wildman–Crippen LogP) is 3.59. The smallest absolute Gasteiger partial charge is 0.337 e. The Morgan fingerprint density at radius 2 is 2.03 bits per heavy atom. The molecule has 2 aliphatic rings. The fourth-order valence-electron chi connectivity index (χ4n) is 4.73. The van der Waals surface area contributed by atoms with Gasteiger partial charge in [0.15, 0.2) is 11.4 Å². The van der Waals surface area contributed by atoms with Crippen LogP contribution in [0.5, 0.6) is 5.75 Å². The summed E-state index contributed by atoms with van der Waals surface area (Å²) in [5, 5.41) is 5.43. The third kappa shape index (κ3) is 4.10. The van der Waals surface area contributed by atoms with Gasteiger partial charge in [0.25, 0.3) is 0 Å². The second-order valence-electron chi connectivity index (χ2n) is 8.37. The number of para-hydroxylation sites is 1. The van der Waals surface area contributed by atoms with Crippen molar-refractivity contribution in [1.82, 2.24) is 10.1 Å². The molecule has 0 bridgehead atoms. The topological polar surface area (TPSA) is 68.0 Å². The summed E-state index contributed by atoms with van der Waals surface area (Å²) < 4.78 is 16.3. The van der Waals surface area contributed by atoms with Gasteiger partial charge in [-0.3, -0.25) is 4.90 Å². The molecule has 0 amide bonds. The lowest BCUT2D eigenvalue weighted by Crippen LogP contribution is -2.57. The minimum atomic E-state index is -0.344. The molecule has 5 rings (SSSR count). The maximum absolute atomic E-state index is 11.7. The van der Waals surface area contributed by atoms with Crippen LogP contribution in [0, 0.1) is 5.92 Å². The number of piperazine rings is 1. The molecule has 0 spiro atoms. The van der Waals surface area contributed by atoms with E-state index in [-0.39, 0.29) is 5.97 Å². The molecule has 2 aromatic carbocycles. The molecule has 0 saturated carbocycles. The van der Waals surface area contributed by atoms with Crippen molar-refractivity contribution in [3.8, 4) is 5.75 Å². The fourth-order valence-corrected chi connectivity index (χ4v) is 4.73. The maximum Gasteiger partial charge on any atom is 0.337 e. The van der Waals surface area contributed by atoms with Gasteiger partial charge in [-0.15, -0.1) is 0 Å². The van der Waals surface area contributed by atoms with E-state index in [0.717, 1.165) is 55.8 Å². The van der Waals surface area contributed by atoms with E-state index in [0.29, 0.717) is 29.9 Å². The van der Waals surface area contributed by atoms with Gasteiger partial charge in [0.05, 0.1) is 24.7 Å². The first-order valence-corrected chi connectivity index (χ1v) is 10.9. The Balaban J connectivity index is 1.17. The summed E-state index contributed by atoms with van der Waals surface area (Å²) in [7, 11) is 1.39. The van der Waals surface area contributed by atoms with Crippen LogP contribution in [0.3, 0.4) is 0 Å². The minimum Gasteiger partial charge on any atom is -0.493 e. The number of hydrogen-bond acceptors (Lipinski definition) is 7. The van der Waals surface area contributed by atoms with E-state index in [1.54, 1.807) is 12.1 Å². The van der Waals surface area contributed by atoms with Crippen LogP contribution < -0.4 is 9.64 Å². The number of benzene rings is 2. The molecular weight excluding hydrogens is 394 g/mol. The number of anilines is 1. The highest BCUT2D eigenvalue weighted by molar-refractivity contribution is 5.89. The lowest BCUT2D eigenvalue weighted by molar-refractivity contribution is 0.0599. The molecule has 3 aromatic rings. The number of piperidine rings is 1. The van der Waals surface area contributed by atoms with Crippen molar-refractivity contribution < 1.29 is 18.8 Å². The van der Waals surface area contributed by atoms with Crippen LogP contribution in [0.2, 0.25) is 0 Å². The van der Waals surface area contributed by atoms with Crippen molar-refractivity contribution in [2.24, 2.45) is 5.92 Å². The monoisotopic (exact) mass is 421 g/mol. The molecule has 2 fully saturated rings. The second-order valence-corrected chi connectivity index (χ2v) is 8.37. The number of carbonyl (C=O) groups is 1. The van der Waals surface area contributed by atoms with Crippen molar-refractivity contribution >= 4 is 22.8 Å². The molecule has 1 aromatic heterocycles. The average molecular weight is 421 g/mol. The zero-order valence-corrected chi connectivity index (χ0v) is 17.7. The predicted molar refractivity (Wildman–Crippen MR) is 118 cm³/mol. The lowest BCUT2D eigenvalue weighted by atomic mass is 9.91. The van der Waals surface area contributed by atoms with Gasteiger partial charge >= 0.3 is 5.97 Å². The maximum atomic E-state index is 11.7. The van der Waals surface area contributed by atoms with E-state index in [1.165, 1.54) is 7.11 Å². The van der Waals surface area contributed by atoms with Gasteiger partial charge in [0, 0.05) is 38.1 Å². The number of ether oxygens (including phenoxy) is 2. The molecule has 0 N–H and O–H groups in total. The normalized spacial score (nSPS) is 21.6. The Morgan fingerprint density at radius 1 is 1.13 bits per heavy atom. The van der Waals surface area contributed by atoms with E-state index >= 15 is 0 Å². The largest absolute Gasteiger partial charge is 0.493 e. The highest BCUT2D eigenvalue weighted by atomic mass is 16.5. The van der Waals surface area contributed by atoms with E-state index in [4.69, 9.17) is 14.0 Å². The summed E-state index contributed by atoms with van der Waals surface area (Å²) >= 11 is 0. The van der Waals surface area contributed by atoms with E-state index in [9.17, 15) is 4.79 Å². The van der Waals surface area contributed by atoms with E-state index in [2.05, 4.69) is 21.0 Å². The number of aromatic nitrogens is 1. The second kappa shape index (κ2) is 8.59. The highest BCUT2D eigenvalue weighted by Gasteiger charge is 2.34. The summed E-state index contributed by atoms with van der Waals surface area (Å²) in [5.74, 6) is 1.82. The van der Waals surface area contributed by atoms with Crippen LogP contribution in [-0.2, 0) is 4.74 Å². The molecule has 3 heterocycles. The van der Waals surface area contributed by atoms with E-state index < -0.39 is 0 Å². The van der Waals surface area contributed by atoms with Gasteiger partial charge in [-0.2, -0.15) is 0 Å². The van der Waals surface area contributed by atoms with Gasteiger partial charge in [0.2, 0.25) is 0 Å². The molecule has 0 aliphatic carbocycles. The Bertz CT molecular complexity index is 1070. The Kier molecular flexibility index (Phi) is 5.51. The first-order valence-electron chi connectivity index (χ1n) is 10.9. The van der Waals surface area contributed by atoms with Gasteiger partial charge in [0.1, 0.15) is 5.75 Å². The first kappa shape index (κ1) is 19.9. The first-order chi connectivity index (χ1) is 15.2. The van der Waals surface area contributed by atoms with Gasteiger partial charge in [-0.25, -0.2) is 4.79 Å². The minimum absolute atomic E-state index is 0.344. The molecular formula is C24H27N3O4. The van der Waals surface area contributed by atoms with Crippen LogP contribution in [0.1, 0.15) is 23.2 Å². The molecule has 2 aliphatic heterocycles. The number of rotatable bonds is 5. The Hall–Kier alpha value is -3.06. The Morgan fingerprint density at radius 3 is 2.94 bits per heavy atom. The SMILES string of the molecule is COC(=O)c1cccc(OCC2CC[C@H]3CN(c4noc5ccccc45)CCN3C2)c1. The molecule has 0 radical (unpaired) electrons. The molecule has 7 heteroatoms. The molecule has 7 nitrogen and oxygen atoms in total. The Labute approximate surface area is 181 Å². The number of esters is 1. The summed E-state index contributed by atoms with van der Waals surface area (Å²) in [5.41, 5.74) is 1.36. The number of hydrogen-bond donors (Lipinski definition) is 0. The van der Waals surface area contributed by atoms with Crippen LogP contribution in [0.15, 0.2) is 53.1 Å². The van der Waals surface area contributed by atoms with Crippen LogP contribution in [0.25, 0.3) is 11.0 Å². The number of fused-ring (bicyclic) bond motifs is 2. The zero-order valence-electron chi connectivity index (χ0n) is 17.7. The summed E-state index contributed by atoms with van der Waals surface area (Å²) in [4.78, 5) is 16.7. The number of carbonyl (C=O) groups excluding carboxylic acids is 1. The standard InChI is InChI=1S/C24H27N3O4/c1-29-24(28)18-5-4-6-20(13-18)30-16-17-9-10-19-15-27(12-11-26(19)14-17)23-21-7-2-3-8-22(21)31-25-23/h2-8,13,17,19H,9-12,14-16H2,1H3/t17?,19-/m0/s1. The van der Waals surface area contributed by atoms with Gasteiger partial charge in [-0.1, -0.05) is 23.4 Å². The highest BCUT2D eigenvalue weighted by Crippen LogP contribution is 2.31. The third-order valence-electron chi connectivity index (χ3n) is 6.40. The zero-order chi connectivity index (χ0) is 21.2. The van der Waals surface area contributed by atoms with Gasteiger partial charge in [-0.05, 0) is 43.2 Å². The van der Waals surface area contributed by atoms with Gasteiger partial charge < -0.3 is 18.9 Å². The fraction of sp³-hybridized carbons (Fsp3) is 0.417. The van der Waals surface area contributed by atoms with Crippen molar-refractivity contribution in [3.05, 3.63) is 54.1 Å². The van der Waals surface area contributed by atoms with Crippen molar-refractivity contribution in [3.63, 3.8) is 0 Å². The average Bonchev–Trinajstić information content (AvgIpc) is 3.26. The van der Waals surface area contributed by atoms with Crippen LogP contribution in [-0.4, -0.2) is 62.0 Å². The number of nitrogens with zero attached hydrogens (tertiary/aromatic N) is 3. The summed E-state index contributed by atoms with van der Waals surface area (Å²) in [6.07, 6.45) is 2.27. The molecule has 1 unspecified atom stereocenters. The molecule has 162 valence electrons. The van der Waals surface area contributed by atoms with Crippen molar-refractivity contribution in [2.75, 3.05) is 44.8 Å². The van der Waals surface area contributed by atoms with Crippen LogP contribution in [0.4, 0.5) is 5.82 Å². The van der Waals surface area contributed by atoms with E-state index in [1.807, 2.05) is 30.3 Å². The molecule has 2 atom stereocenters. The molecule has 31 heavy (non-hydrogen) atoms. The van der Waals surface area contributed by atoms with Crippen molar-refractivity contribution in [1.29, 1.82) is 0 Å². The van der Waals surface area contributed by atoms with Crippen LogP contribution >= 0.6 is 0 Å². The quantitative estimate of drug-likeness (QED) is 0.583. The number of methoxy groups -OCH3 is 1. The van der Waals surface area contributed by atoms with Crippen molar-refractivity contribution in [2.45, 2.75) is 18.9 Å². The third-order valence-corrected chi connectivity index (χ3v) is 6.40. The summed E-state index contributed by atoms with van der Waals surface area (Å²) in [6, 6.07) is 15.8. The summed E-state index contributed by atoms with van der Waals surface area (Å²) in [6.45, 7) is 4.63. The molecule has 2 saturated heterocycles.